The first-order chi connectivity index (χ1) is 13.0. The van der Waals surface area contributed by atoms with Crippen LogP contribution in [0.4, 0.5) is 0 Å². The lowest BCUT2D eigenvalue weighted by molar-refractivity contribution is -0.138. The second-order valence-electron chi connectivity index (χ2n) is 7.11. The standard InChI is InChI=1S/C22H38O5.Mg.2H/c1-3-4-5-12-15-20(23)16-13-10-8-6-7-9-11-14-17-21(24)27-18-19(2)22(25)26;;;/h10,13,18,20,23H,3-9,11-12,14-17H2,1-2H3,(H,25,26);;;/b13-10-,19-18?;;;/t20-;;;/m1.../s1. The van der Waals surface area contributed by atoms with Gasteiger partial charge in [-0.3, -0.25) is 4.79 Å². The number of carbonyl (C=O) groups excluding carboxylic acids is 1. The molecule has 0 radical (unpaired) electrons. The number of ether oxygens (including phenoxy) is 1. The average Bonchev–Trinajstić information content (AvgIpc) is 2.64. The van der Waals surface area contributed by atoms with Crippen LogP contribution >= 0.6 is 0 Å². The van der Waals surface area contributed by atoms with Crippen LogP contribution in [-0.2, 0) is 14.3 Å². The van der Waals surface area contributed by atoms with E-state index in [2.05, 4.69) is 19.1 Å². The third-order valence-corrected chi connectivity index (χ3v) is 4.42. The highest BCUT2D eigenvalue weighted by atomic mass is 24.3. The molecule has 0 aromatic heterocycles. The van der Waals surface area contributed by atoms with Crippen LogP contribution < -0.4 is 0 Å². The predicted molar refractivity (Wildman–Crippen MR) is 117 cm³/mol. The van der Waals surface area contributed by atoms with Gasteiger partial charge in [-0.1, -0.05) is 64.0 Å². The molecule has 0 fully saturated rings. The monoisotopic (exact) mass is 408 g/mol. The molecule has 0 bridgehead atoms. The van der Waals surface area contributed by atoms with E-state index in [0.29, 0.717) is 6.42 Å². The van der Waals surface area contributed by atoms with E-state index in [4.69, 9.17) is 9.84 Å². The molecular formula is C22H40MgO5. The van der Waals surface area contributed by atoms with Gasteiger partial charge >= 0.3 is 35.0 Å². The molecule has 0 heterocycles. The van der Waals surface area contributed by atoms with Gasteiger partial charge in [-0.05, 0) is 39.0 Å². The van der Waals surface area contributed by atoms with Gasteiger partial charge in [0, 0.05) is 6.42 Å². The molecule has 160 valence electrons. The zero-order valence-electron chi connectivity index (χ0n) is 17.1. The van der Waals surface area contributed by atoms with Crippen molar-refractivity contribution in [2.45, 2.75) is 103 Å². The van der Waals surface area contributed by atoms with Crippen LogP contribution in [0.2, 0.25) is 0 Å². The zero-order valence-corrected chi connectivity index (χ0v) is 17.1. The predicted octanol–water partition coefficient (Wildman–Crippen LogP) is 4.61. The van der Waals surface area contributed by atoms with E-state index in [1.165, 1.54) is 26.2 Å². The summed E-state index contributed by atoms with van der Waals surface area (Å²) in [4.78, 5) is 22.0. The van der Waals surface area contributed by atoms with E-state index in [9.17, 15) is 14.7 Å². The maximum atomic E-state index is 11.4. The van der Waals surface area contributed by atoms with Crippen LogP contribution in [0.3, 0.4) is 0 Å². The van der Waals surface area contributed by atoms with Crippen molar-refractivity contribution in [2.75, 3.05) is 0 Å². The SMILES string of the molecule is CCCCCC[C@@H](O)C/C=C\CCCCCCCC(=O)OC=C(C)C(=O)O.[MgH2]. The molecule has 0 saturated heterocycles. The van der Waals surface area contributed by atoms with Crippen molar-refractivity contribution in [3.63, 3.8) is 0 Å². The highest BCUT2D eigenvalue weighted by Gasteiger charge is 2.04. The van der Waals surface area contributed by atoms with Gasteiger partial charge in [-0.25, -0.2) is 4.79 Å². The Hall–Kier alpha value is -0.854. The van der Waals surface area contributed by atoms with E-state index < -0.39 is 5.97 Å². The Morgan fingerprint density at radius 3 is 2.29 bits per heavy atom. The number of carboxylic acids is 1. The summed E-state index contributed by atoms with van der Waals surface area (Å²) in [6.45, 7) is 3.58. The summed E-state index contributed by atoms with van der Waals surface area (Å²) >= 11 is 0. The summed E-state index contributed by atoms with van der Waals surface area (Å²) < 4.78 is 4.78. The Kier molecular flexibility index (Phi) is 21.9. The number of unbranched alkanes of at least 4 members (excludes halogenated alkanes) is 8. The molecule has 2 N–H and O–H groups in total. The highest BCUT2D eigenvalue weighted by Crippen LogP contribution is 2.11. The number of carboxylic acid groups (broad SMARTS) is 1. The lowest BCUT2D eigenvalue weighted by atomic mass is 10.1. The molecule has 0 rings (SSSR count). The largest absolute Gasteiger partial charge is 0.478 e. The van der Waals surface area contributed by atoms with E-state index in [1.807, 2.05) is 0 Å². The minimum absolute atomic E-state index is 0. The summed E-state index contributed by atoms with van der Waals surface area (Å²) in [5.41, 5.74) is 0.0143. The van der Waals surface area contributed by atoms with Crippen molar-refractivity contribution >= 4 is 35.0 Å². The van der Waals surface area contributed by atoms with Gasteiger partial charge in [0.15, 0.2) is 0 Å². The summed E-state index contributed by atoms with van der Waals surface area (Å²) in [7, 11) is 0. The summed E-state index contributed by atoms with van der Waals surface area (Å²) in [5.74, 6) is -1.47. The minimum atomic E-state index is -1.08. The molecule has 0 aromatic rings. The topological polar surface area (TPSA) is 83.8 Å². The first-order valence-corrected chi connectivity index (χ1v) is 10.4. The van der Waals surface area contributed by atoms with E-state index >= 15 is 0 Å². The van der Waals surface area contributed by atoms with Crippen molar-refractivity contribution < 1.29 is 24.5 Å². The second-order valence-corrected chi connectivity index (χ2v) is 7.11. The molecule has 0 aliphatic heterocycles. The second kappa shape index (κ2) is 20.9. The summed E-state index contributed by atoms with van der Waals surface area (Å²) in [6.07, 6.45) is 17.9. The lowest BCUT2D eigenvalue weighted by Gasteiger charge is -2.07. The molecule has 5 nitrogen and oxygen atoms in total. The third kappa shape index (κ3) is 19.9. The number of aliphatic hydroxyl groups excluding tert-OH is 1. The summed E-state index contributed by atoms with van der Waals surface area (Å²) in [5, 5.41) is 18.5. The Bertz CT molecular complexity index is 460. The van der Waals surface area contributed by atoms with Gasteiger partial charge in [-0.15, -0.1) is 0 Å². The fourth-order valence-corrected chi connectivity index (χ4v) is 2.62. The molecule has 0 amide bonds. The van der Waals surface area contributed by atoms with E-state index in [0.717, 1.165) is 64.0 Å². The van der Waals surface area contributed by atoms with Crippen molar-refractivity contribution in [3.8, 4) is 0 Å². The number of aliphatic carboxylic acids is 1. The average molecular weight is 409 g/mol. The van der Waals surface area contributed by atoms with Gasteiger partial charge in [0.05, 0.1) is 11.7 Å². The Morgan fingerprint density at radius 1 is 0.964 bits per heavy atom. The zero-order chi connectivity index (χ0) is 20.3. The number of allylic oxidation sites excluding steroid dienone is 1. The van der Waals surface area contributed by atoms with Gasteiger partial charge < -0.3 is 14.9 Å². The molecule has 0 spiro atoms. The van der Waals surface area contributed by atoms with Gasteiger partial charge in [0.2, 0.25) is 0 Å². The Balaban J connectivity index is 0. The first kappa shape index (κ1) is 29.3. The summed E-state index contributed by atoms with van der Waals surface area (Å²) in [6, 6.07) is 0. The van der Waals surface area contributed by atoms with Crippen molar-refractivity contribution in [3.05, 3.63) is 24.0 Å². The molecule has 0 saturated carbocycles. The minimum Gasteiger partial charge on any atom is -0.478 e. The van der Waals surface area contributed by atoms with Crippen molar-refractivity contribution in [1.29, 1.82) is 0 Å². The van der Waals surface area contributed by atoms with Crippen LogP contribution in [0, 0.1) is 0 Å². The number of carbonyl (C=O) groups is 2. The Morgan fingerprint density at radius 2 is 1.61 bits per heavy atom. The van der Waals surface area contributed by atoms with Gasteiger partial charge in [0.1, 0.15) is 6.26 Å². The van der Waals surface area contributed by atoms with Crippen LogP contribution in [0.15, 0.2) is 24.0 Å². The maximum Gasteiger partial charge on any atom is 0.334 e. The van der Waals surface area contributed by atoms with Crippen LogP contribution in [0.5, 0.6) is 0 Å². The van der Waals surface area contributed by atoms with E-state index in [-0.39, 0.29) is 40.7 Å². The number of esters is 1. The normalized spacial score (nSPS) is 12.6. The molecule has 0 unspecified atom stereocenters. The number of hydrogen-bond acceptors (Lipinski definition) is 4. The molecule has 0 aliphatic rings. The number of rotatable bonds is 17. The third-order valence-electron chi connectivity index (χ3n) is 4.42. The Labute approximate surface area is 186 Å². The molecular weight excluding hydrogens is 369 g/mol. The smallest absolute Gasteiger partial charge is 0.334 e. The van der Waals surface area contributed by atoms with E-state index in [1.54, 1.807) is 0 Å². The fourth-order valence-electron chi connectivity index (χ4n) is 2.62. The van der Waals surface area contributed by atoms with Gasteiger partial charge in [0.25, 0.3) is 0 Å². The number of hydrogen-bond donors (Lipinski definition) is 2. The highest BCUT2D eigenvalue weighted by molar-refractivity contribution is 5.85. The maximum absolute atomic E-state index is 11.4. The van der Waals surface area contributed by atoms with Crippen LogP contribution in [-0.4, -0.2) is 51.3 Å². The van der Waals surface area contributed by atoms with Crippen molar-refractivity contribution in [1.82, 2.24) is 0 Å². The molecule has 0 aromatic carbocycles. The fraction of sp³-hybridized carbons (Fsp3) is 0.727. The molecule has 6 heteroatoms. The lowest BCUT2D eigenvalue weighted by Crippen LogP contribution is -2.04. The molecule has 28 heavy (non-hydrogen) atoms. The van der Waals surface area contributed by atoms with Gasteiger partial charge in [-0.2, -0.15) is 0 Å². The van der Waals surface area contributed by atoms with Crippen LogP contribution in [0.1, 0.15) is 97.3 Å². The number of aliphatic hydroxyl groups is 1. The first-order valence-electron chi connectivity index (χ1n) is 10.4. The quantitative estimate of drug-likeness (QED) is 0.0916. The van der Waals surface area contributed by atoms with Crippen molar-refractivity contribution in [2.24, 2.45) is 0 Å². The molecule has 1 atom stereocenters. The molecule has 0 aliphatic carbocycles. The van der Waals surface area contributed by atoms with Crippen LogP contribution in [0.25, 0.3) is 0 Å².